The Morgan fingerprint density at radius 1 is 1.30 bits per heavy atom. The summed E-state index contributed by atoms with van der Waals surface area (Å²) in [5.41, 5.74) is 0.318. The number of hydrogen-bond donors (Lipinski definition) is 4. The van der Waals surface area contributed by atoms with Crippen molar-refractivity contribution in [2.45, 2.75) is 9.92 Å². The summed E-state index contributed by atoms with van der Waals surface area (Å²) >= 11 is 1.41. The van der Waals surface area contributed by atoms with Crippen LogP contribution in [0.5, 0.6) is 11.6 Å². The Labute approximate surface area is 155 Å². The van der Waals surface area contributed by atoms with E-state index in [9.17, 15) is 9.90 Å². The lowest BCUT2D eigenvalue weighted by atomic mass is 10.3. The molecule has 3 heterocycles. The predicted octanol–water partition coefficient (Wildman–Crippen LogP) is 0.638. The van der Waals surface area contributed by atoms with Crippen LogP contribution in [0.25, 0.3) is 11.7 Å². The van der Waals surface area contributed by atoms with Gasteiger partial charge >= 0.3 is 5.69 Å². The molecular weight excluding hydrogens is 368 g/mol. The fourth-order valence-corrected chi connectivity index (χ4v) is 3.34. The van der Waals surface area contributed by atoms with Gasteiger partial charge in [-0.25, -0.2) is 9.78 Å². The number of aromatic hydroxyl groups is 1. The summed E-state index contributed by atoms with van der Waals surface area (Å²) in [5.74, 6) is 0.492. The van der Waals surface area contributed by atoms with Crippen molar-refractivity contribution in [2.24, 2.45) is 0 Å². The second-order valence-corrected chi connectivity index (χ2v) is 6.67. The quantitative estimate of drug-likeness (QED) is 0.383. The molecule has 0 bridgehead atoms. The van der Waals surface area contributed by atoms with Crippen LogP contribution in [0.3, 0.4) is 0 Å². The third kappa shape index (κ3) is 3.29. The van der Waals surface area contributed by atoms with E-state index in [2.05, 4.69) is 20.1 Å². The molecule has 0 aliphatic heterocycles. The molecule has 0 radical (unpaired) electrons. The first-order valence-corrected chi connectivity index (χ1v) is 8.63. The van der Waals surface area contributed by atoms with Crippen molar-refractivity contribution in [2.75, 3.05) is 7.11 Å². The van der Waals surface area contributed by atoms with Crippen molar-refractivity contribution >= 4 is 23.5 Å². The number of H-pyrrole nitrogens is 2. The van der Waals surface area contributed by atoms with Gasteiger partial charge in [-0.1, -0.05) is 11.8 Å². The van der Waals surface area contributed by atoms with E-state index in [1.165, 1.54) is 22.5 Å². The molecule has 0 aliphatic rings. The molecule has 27 heavy (non-hydrogen) atoms. The molecular formula is C17H14N6O3S. The minimum absolute atomic E-state index is 0.169. The Morgan fingerprint density at radius 3 is 2.74 bits per heavy atom. The van der Waals surface area contributed by atoms with Crippen LogP contribution in [0.1, 0.15) is 5.69 Å². The minimum atomic E-state index is -0.514. The Balaban J connectivity index is 1.78. The maximum absolute atomic E-state index is 11.3. The standard InChI is InChI=1S/C17H14N6O3S/c1-26-10-2-4-11(5-3-10)27-14-7-13(18)23-15(21-14)9(8-19-23)6-12-16(24)22-17(25)20-12/h2-8,18,24H,1H3,(H2,20,22,25). The third-order valence-corrected chi connectivity index (χ3v) is 4.72. The normalized spacial score (nSPS) is 12.0. The average Bonchev–Trinajstić information content (AvgIpc) is 3.19. The zero-order valence-electron chi connectivity index (χ0n) is 14.1. The zero-order valence-corrected chi connectivity index (χ0v) is 14.9. The molecule has 136 valence electrons. The lowest BCUT2D eigenvalue weighted by molar-refractivity contribution is 0.414. The van der Waals surface area contributed by atoms with Gasteiger partial charge in [0.15, 0.2) is 11.1 Å². The van der Waals surface area contributed by atoms with Gasteiger partial charge in [-0.3, -0.25) is 10.4 Å². The molecule has 9 nitrogen and oxygen atoms in total. The molecule has 0 amide bonds. The van der Waals surface area contributed by atoms with E-state index in [1.54, 1.807) is 19.3 Å². The molecule has 3 aromatic heterocycles. The van der Waals surface area contributed by atoms with E-state index in [0.29, 0.717) is 15.9 Å². The first-order valence-electron chi connectivity index (χ1n) is 7.82. The molecule has 0 atom stereocenters. The molecule has 0 saturated heterocycles. The maximum atomic E-state index is 11.3. The third-order valence-electron chi connectivity index (χ3n) is 3.79. The second kappa shape index (κ2) is 6.65. The van der Waals surface area contributed by atoms with Crippen LogP contribution in [0.2, 0.25) is 0 Å². The van der Waals surface area contributed by atoms with Gasteiger partial charge in [0.1, 0.15) is 16.5 Å². The molecule has 4 aromatic rings. The highest BCUT2D eigenvalue weighted by Gasteiger charge is 2.08. The van der Waals surface area contributed by atoms with E-state index in [4.69, 9.17) is 10.1 Å². The molecule has 0 spiro atoms. The first kappa shape index (κ1) is 16.9. The Bertz CT molecular complexity index is 1290. The number of aromatic nitrogens is 5. The van der Waals surface area contributed by atoms with Crippen molar-refractivity contribution in [3.8, 4) is 11.6 Å². The Morgan fingerprint density at radius 2 is 2.07 bits per heavy atom. The highest BCUT2D eigenvalue weighted by atomic mass is 32.2. The number of ether oxygens (including phenoxy) is 1. The van der Waals surface area contributed by atoms with Crippen LogP contribution in [-0.2, 0) is 0 Å². The van der Waals surface area contributed by atoms with E-state index in [-0.39, 0.29) is 17.1 Å². The molecule has 4 N–H and O–H groups in total. The molecule has 1 aromatic carbocycles. The molecule has 0 fully saturated rings. The number of nitrogens with zero attached hydrogens (tertiary/aromatic N) is 3. The lowest BCUT2D eigenvalue weighted by Gasteiger charge is -2.03. The smallest absolute Gasteiger partial charge is 0.326 e. The number of methoxy groups -OCH3 is 1. The van der Waals surface area contributed by atoms with Crippen molar-refractivity contribution in [1.29, 1.82) is 5.41 Å². The van der Waals surface area contributed by atoms with Crippen molar-refractivity contribution < 1.29 is 9.84 Å². The number of imidazole rings is 1. The summed E-state index contributed by atoms with van der Waals surface area (Å²) in [6, 6.07) is 9.14. The number of hydrogen-bond acceptors (Lipinski definition) is 7. The van der Waals surface area contributed by atoms with Gasteiger partial charge in [-0.2, -0.15) is 9.61 Å². The van der Waals surface area contributed by atoms with Gasteiger partial charge in [-0.15, -0.1) is 0 Å². The fraction of sp³-hybridized carbons (Fsp3) is 0.0588. The summed E-state index contributed by atoms with van der Waals surface area (Å²) in [6.07, 6.45) is 3.07. The first-order chi connectivity index (χ1) is 13.0. The SMILES string of the molecule is COc1ccc(Sc2cc(=N)n3ncc(=Cc4[nH]c(=O)[nH]c4O)c3n2)cc1. The largest absolute Gasteiger partial charge is 0.497 e. The molecule has 0 aliphatic carbocycles. The van der Waals surface area contributed by atoms with E-state index >= 15 is 0 Å². The van der Waals surface area contributed by atoms with E-state index < -0.39 is 5.69 Å². The minimum Gasteiger partial charge on any atom is -0.497 e. The molecule has 4 rings (SSSR count). The summed E-state index contributed by atoms with van der Waals surface area (Å²) in [7, 11) is 1.61. The van der Waals surface area contributed by atoms with Gasteiger partial charge in [0.2, 0.25) is 5.88 Å². The highest BCUT2D eigenvalue weighted by molar-refractivity contribution is 7.99. The Kier molecular flexibility index (Phi) is 4.16. The maximum Gasteiger partial charge on any atom is 0.326 e. The van der Waals surface area contributed by atoms with Gasteiger partial charge in [0, 0.05) is 16.2 Å². The summed E-state index contributed by atoms with van der Waals surface area (Å²) in [6.45, 7) is 0. The second-order valence-electron chi connectivity index (χ2n) is 5.58. The van der Waals surface area contributed by atoms with Crippen molar-refractivity contribution in [1.82, 2.24) is 24.6 Å². The van der Waals surface area contributed by atoms with Gasteiger partial charge < -0.3 is 14.8 Å². The summed E-state index contributed by atoms with van der Waals surface area (Å²) < 4.78 is 6.53. The topological polar surface area (TPSA) is 132 Å². The number of nitrogens with one attached hydrogen (secondary N) is 3. The number of aromatic amines is 2. The lowest BCUT2D eigenvalue weighted by Crippen LogP contribution is -2.16. The van der Waals surface area contributed by atoms with Crippen molar-refractivity contribution in [3.63, 3.8) is 0 Å². The van der Waals surface area contributed by atoms with E-state index in [0.717, 1.165) is 10.6 Å². The van der Waals surface area contributed by atoms with E-state index in [1.807, 2.05) is 24.3 Å². The summed E-state index contributed by atoms with van der Waals surface area (Å²) in [4.78, 5) is 21.5. The van der Waals surface area contributed by atoms with Gasteiger partial charge in [-0.05, 0) is 30.3 Å². The van der Waals surface area contributed by atoms with Crippen LogP contribution in [0.15, 0.2) is 51.2 Å². The number of fused-ring (bicyclic) bond motifs is 1. The Hall–Kier alpha value is -3.53. The predicted molar refractivity (Wildman–Crippen MR) is 97.8 cm³/mol. The highest BCUT2D eigenvalue weighted by Crippen LogP contribution is 2.26. The average molecular weight is 382 g/mol. The zero-order chi connectivity index (χ0) is 19.0. The van der Waals surface area contributed by atoms with Gasteiger partial charge in [0.25, 0.3) is 0 Å². The number of rotatable bonds is 4. The van der Waals surface area contributed by atoms with Crippen LogP contribution in [0.4, 0.5) is 0 Å². The van der Waals surface area contributed by atoms with Crippen LogP contribution >= 0.6 is 11.8 Å². The van der Waals surface area contributed by atoms with Gasteiger partial charge in [0.05, 0.1) is 13.3 Å². The van der Waals surface area contributed by atoms with Crippen LogP contribution in [-0.4, -0.2) is 36.8 Å². The number of benzene rings is 1. The van der Waals surface area contributed by atoms with Crippen LogP contribution < -0.4 is 21.1 Å². The van der Waals surface area contributed by atoms with Crippen molar-refractivity contribution in [3.05, 3.63) is 63.4 Å². The molecule has 10 heteroatoms. The van der Waals surface area contributed by atoms with Crippen LogP contribution in [0, 0.1) is 5.41 Å². The summed E-state index contributed by atoms with van der Waals surface area (Å²) in [5, 5.41) is 23.2. The fourth-order valence-electron chi connectivity index (χ4n) is 2.52. The molecule has 0 saturated carbocycles. The molecule has 0 unspecified atom stereocenters. The monoisotopic (exact) mass is 382 g/mol.